The van der Waals surface area contributed by atoms with Crippen LogP contribution in [0.2, 0.25) is 5.02 Å². The van der Waals surface area contributed by atoms with Crippen LogP contribution in [0.3, 0.4) is 0 Å². The number of nitrogens with zero attached hydrogens (tertiary/aromatic N) is 2. The molecule has 1 heterocycles. The van der Waals surface area contributed by atoms with E-state index in [1.165, 1.54) is 23.1 Å². The van der Waals surface area contributed by atoms with E-state index < -0.39 is 5.82 Å². The van der Waals surface area contributed by atoms with Crippen molar-refractivity contribution in [3.8, 4) is 17.6 Å². The van der Waals surface area contributed by atoms with Crippen molar-refractivity contribution < 1.29 is 56.2 Å². The number of carbonyl (C=O) groups excluding carboxylic acids is 1. The van der Waals surface area contributed by atoms with Gasteiger partial charge in [0.1, 0.15) is 17.0 Å². The van der Waals surface area contributed by atoms with E-state index in [0.29, 0.717) is 21.9 Å². The Morgan fingerprint density at radius 1 is 1.17 bits per heavy atom. The third-order valence-corrected chi connectivity index (χ3v) is 4.55. The normalized spacial score (nSPS) is 9.83. The molecule has 0 aliphatic rings. The smallest absolute Gasteiger partial charge is 0.400 e. The van der Waals surface area contributed by atoms with Crippen molar-refractivity contribution in [3.05, 3.63) is 77.6 Å². The van der Waals surface area contributed by atoms with Crippen molar-refractivity contribution in [2.45, 2.75) is 27.7 Å². The van der Waals surface area contributed by atoms with Crippen molar-refractivity contribution in [1.29, 1.82) is 0 Å². The Bertz CT molecular complexity index is 1220. The molecule has 0 spiro atoms. The number of phenolic OH excluding ortho intramolecular Hbond substituents is 1. The van der Waals surface area contributed by atoms with E-state index in [1.54, 1.807) is 63.4 Å². The van der Waals surface area contributed by atoms with E-state index >= 15 is 0 Å². The number of carbonyl (C=O) groups is 1. The number of rotatable bonds is 4. The van der Waals surface area contributed by atoms with Crippen LogP contribution in [0.1, 0.15) is 27.7 Å². The maximum atomic E-state index is 13.2. The molecule has 0 saturated heterocycles. The first-order valence-corrected chi connectivity index (χ1v) is 11.1. The van der Waals surface area contributed by atoms with Gasteiger partial charge in [0.25, 0.3) is 0 Å². The summed E-state index contributed by atoms with van der Waals surface area (Å²) >= 11 is 5.85. The molecule has 0 bridgehead atoms. The third-order valence-electron chi connectivity index (χ3n) is 4.32. The molecule has 0 fully saturated rings. The molecule has 0 aliphatic heterocycles. The average Bonchev–Trinajstić information content (AvgIpc) is 3.23. The summed E-state index contributed by atoms with van der Waals surface area (Å²) in [6.07, 6.45) is 0.137. The number of benzene rings is 3. The largest absolute Gasteiger partial charge is 0.508 e. The number of aromatic nitrogens is 1. The quantitative estimate of drug-likeness (QED) is 0.260. The fourth-order valence-corrected chi connectivity index (χ4v) is 2.86. The summed E-state index contributed by atoms with van der Waals surface area (Å²) < 4.78 is 24.1. The zero-order valence-electron chi connectivity index (χ0n) is 20.3. The van der Waals surface area contributed by atoms with Crippen LogP contribution in [0.15, 0.2) is 65.1 Å². The van der Waals surface area contributed by atoms with E-state index in [2.05, 4.69) is 11.1 Å². The van der Waals surface area contributed by atoms with Gasteiger partial charge in [-0.25, -0.2) is 0 Å². The molecule has 35 heavy (non-hydrogen) atoms. The molecule has 9 heteroatoms. The van der Waals surface area contributed by atoms with Crippen LogP contribution in [0.4, 0.5) is 10.1 Å². The third kappa shape index (κ3) is 8.91. The summed E-state index contributed by atoms with van der Waals surface area (Å²) in [5.41, 5.74) is 1.44. The Balaban J connectivity index is 0.000000328. The van der Waals surface area contributed by atoms with E-state index in [4.69, 9.17) is 25.9 Å². The molecule has 183 valence electrons. The average molecular weight is 575 g/mol. The van der Waals surface area contributed by atoms with Crippen LogP contribution in [-0.4, -0.2) is 23.0 Å². The molecule has 0 atom stereocenters. The summed E-state index contributed by atoms with van der Waals surface area (Å²) in [7, 11) is 1.55. The Morgan fingerprint density at radius 3 is 2.43 bits per heavy atom. The molecule has 6 nitrogen and oxygen atoms in total. The number of hydrogen-bond donors (Lipinski definition) is 1. The second-order valence-corrected chi connectivity index (χ2v) is 7.54. The van der Waals surface area contributed by atoms with E-state index in [9.17, 15) is 9.18 Å². The molecular formula is C26H27ClFN2O4Y-. The first-order valence-electron chi connectivity index (χ1n) is 10.7. The summed E-state index contributed by atoms with van der Waals surface area (Å²) in [5.74, 6) is 0.0144. The zero-order chi connectivity index (χ0) is 25.3. The molecular weight excluding hydrogens is 548 g/mol. The fraction of sp³-hybridized carbons (Fsp3) is 0.231. The van der Waals surface area contributed by atoms with Crippen molar-refractivity contribution in [2.24, 2.45) is 5.92 Å². The predicted molar refractivity (Wildman–Crippen MR) is 132 cm³/mol. The van der Waals surface area contributed by atoms with Crippen LogP contribution in [0.5, 0.6) is 17.6 Å². The van der Waals surface area contributed by atoms with E-state index in [0.717, 1.165) is 0 Å². The van der Waals surface area contributed by atoms with Crippen LogP contribution in [0.25, 0.3) is 11.1 Å². The van der Waals surface area contributed by atoms with Gasteiger partial charge >= 0.3 is 6.08 Å². The van der Waals surface area contributed by atoms with Gasteiger partial charge < -0.3 is 19.2 Å². The first-order chi connectivity index (χ1) is 16.2. The second-order valence-electron chi connectivity index (χ2n) is 7.11. The summed E-state index contributed by atoms with van der Waals surface area (Å²) in [6, 6.07) is 18.6. The van der Waals surface area contributed by atoms with Crippen LogP contribution in [-0.2, 0) is 37.5 Å². The van der Waals surface area contributed by atoms with E-state index in [-0.39, 0.29) is 62.0 Å². The van der Waals surface area contributed by atoms with Gasteiger partial charge in [-0.2, -0.15) is 23.2 Å². The molecule has 1 aromatic heterocycles. The number of amides is 1. The molecule has 3 aromatic carbocycles. The number of halogens is 2. The molecule has 1 N–H and O–H groups in total. The molecule has 4 rings (SSSR count). The van der Waals surface area contributed by atoms with Gasteiger partial charge in [-0.1, -0.05) is 39.3 Å². The SMILES string of the molecule is CC.CC(C)C(=O)N(C)c1[c-]cccc1F.Oc1ccc(Oc2nc3ccc(Cl)cc3o2)cc1.[Y]. The Hall–Kier alpha value is -2.48. The fourth-order valence-electron chi connectivity index (χ4n) is 2.70. The Kier molecular flexibility index (Phi) is 12.9. The number of anilines is 1. The maximum Gasteiger partial charge on any atom is 0.400 e. The standard InChI is InChI=1S/C13H8ClNO3.C11H13FNO.C2H6.Y/c14-8-1-6-11-12(7-8)18-13(15-11)17-10-4-2-9(16)3-5-10;1-8(2)11(14)13(3)10-7-5-4-6-9(10)12;1-2;/h1-7,16H;4-6,8H,1-3H3;1-2H3;/q;-1;;. The number of aromatic hydroxyl groups is 1. The predicted octanol–water partition coefficient (Wildman–Crippen LogP) is 7.25. The van der Waals surface area contributed by atoms with Gasteiger partial charge in [-0.3, -0.25) is 9.18 Å². The van der Waals surface area contributed by atoms with Crippen molar-refractivity contribution >= 4 is 34.3 Å². The molecule has 1 radical (unpaired) electrons. The van der Waals surface area contributed by atoms with Gasteiger partial charge in [0.15, 0.2) is 5.58 Å². The van der Waals surface area contributed by atoms with Crippen LogP contribution in [0, 0.1) is 17.8 Å². The Morgan fingerprint density at radius 2 is 1.83 bits per heavy atom. The number of para-hydroxylation sites is 1. The zero-order valence-corrected chi connectivity index (χ0v) is 23.8. The van der Waals surface area contributed by atoms with Crippen LogP contribution >= 0.6 is 11.6 Å². The summed E-state index contributed by atoms with van der Waals surface area (Å²) in [6.45, 7) is 7.55. The van der Waals surface area contributed by atoms with Crippen molar-refractivity contribution in [2.75, 3.05) is 11.9 Å². The minimum atomic E-state index is -0.427. The number of oxazole rings is 1. The first kappa shape index (κ1) is 30.6. The molecule has 1 amide bonds. The molecule has 4 aromatic rings. The van der Waals surface area contributed by atoms with Gasteiger partial charge in [0.2, 0.25) is 5.91 Å². The van der Waals surface area contributed by atoms with Gasteiger partial charge in [-0.15, -0.1) is 6.07 Å². The van der Waals surface area contributed by atoms with Crippen molar-refractivity contribution in [1.82, 2.24) is 4.98 Å². The summed E-state index contributed by atoms with van der Waals surface area (Å²) in [5, 5.41) is 9.74. The van der Waals surface area contributed by atoms with Gasteiger partial charge in [0.05, 0.1) is 0 Å². The number of fused-ring (bicyclic) bond motifs is 1. The van der Waals surface area contributed by atoms with Gasteiger partial charge in [-0.05, 0) is 42.1 Å². The molecule has 0 saturated carbocycles. The summed E-state index contributed by atoms with van der Waals surface area (Å²) in [4.78, 5) is 17.0. The maximum absolute atomic E-state index is 13.2. The number of hydrogen-bond acceptors (Lipinski definition) is 5. The molecule has 0 aliphatic carbocycles. The number of phenols is 1. The van der Waals surface area contributed by atoms with Crippen LogP contribution < -0.4 is 9.64 Å². The minimum absolute atomic E-state index is 0. The second kappa shape index (κ2) is 14.8. The van der Waals surface area contributed by atoms with Gasteiger partial charge in [0, 0.05) is 62.6 Å². The van der Waals surface area contributed by atoms with E-state index in [1.807, 2.05) is 13.8 Å². The Labute approximate surface area is 234 Å². The number of ether oxygens (including phenoxy) is 1. The monoisotopic (exact) mass is 574 g/mol. The minimum Gasteiger partial charge on any atom is -0.508 e. The molecule has 0 unspecified atom stereocenters. The topological polar surface area (TPSA) is 75.8 Å². The van der Waals surface area contributed by atoms with Crippen molar-refractivity contribution in [3.63, 3.8) is 0 Å².